The van der Waals surface area contributed by atoms with E-state index in [-0.39, 0.29) is 11.8 Å². The van der Waals surface area contributed by atoms with Crippen molar-refractivity contribution in [2.75, 3.05) is 0 Å². The lowest BCUT2D eigenvalue weighted by atomic mass is 9.59. The van der Waals surface area contributed by atoms with E-state index in [1.807, 2.05) is 0 Å². The molecule has 0 amide bonds. The lowest BCUT2D eigenvalue weighted by molar-refractivity contribution is 0.744. The van der Waals surface area contributed by atoms with Crippen LogP contribution in [0.15, 0.2) is 72.8 Å². The maximum Gasteiger partial charge on any atom is 0.0483 e. The Morgan fingerprint density at radius 3 is 1.43 bits per heavy atom. The Hall–Kier alpha value is -2.09. The van der Waals surface area contributed by atoms with Gasteiger partial charge in [0.25, 0.3) is 0 Å². The second kappa shape index (κ2) is 6.20. The zero-order valence-electron chi connectivity index (χ0n) is 15.3. The summed E-state index contributed by atoms with van der Waals surface area (Å²) in [6, 6.07) is 26.7. The third-order valence-corrected chi connectivity index (χ3v) is 7.43. The fraction of sp³-hybridized carbons (Fsp3) is 0.154. The number of benzene rings is 4. The first-order valence-electron chi connectivity index (χ1n) is 9.71. The summed E-state index contributed by atoms with van der Waals surface area (Å²) in [7, 11) is 0. The van der Waals surface area contributed by atoms with Gasteiger partial charge in [-0.2, -0.15) is 0 Å². The summed E-state index contributed by atoms with van der Waals surface area (Å²) in [4.78, 5) is 0. The summed E-state index contributed by atoms with van der Waals surface area (Å²) in [6.45, 7) is 0. The molecule has 0 radical (unpaired) electrons. The molecule has 3 aliphatic carbocycles. The molecule has 0 aromatic heterocycles. The highest BCUT2D eigenvalue weighted by molar-refractivity contribution is 9.08. The van der Waals surface area contributed by atoms with Gasteiger partial charge in [-0.1, -0.05) is 88.7 Å². The molecule has 3 aliphatic rings. The topological polar surface area (TPSA) is 0 Å². The summed E-state index contributed by atoms with van der Waals surface area (Å²) in [6.07, 6.45) is 0. The van der Waals surface area contributed by atoms with Crippen molar-refractivity contribution in [1.82, 2.24) is 0 Å². The molecule has 0 saturated heterocycles. The average Bonchev–Trinajstić information content (AvgIpc) is 2.77. The van der Waals surface area contributed by atoms with E-state index in [1.165, 1.54) is 55.3 Å². The fourth-order valence-electron chi connectivity index (χ4n) is 5.60. The second-order valence-electron chi connectivity index (χ2n) is 7.72. The van der Waals surface area contributed by atoms with Gasteiger partial charge in [0, 0.05) is 23.0 Å². The molecule has 0 atom stereocenters. The molecule has 2 heteroatoms. The lowest BCUT2D eigenvalue weighted by Gasteiger charge is -2.44. The van der Waals surface area contributed by atoms with E-state index < -0.39 is 0 Å². The molecule has 0 spiro atoms. The number of fused-ring (bicyclic) bond motifs is 1. The Morgan fingerprint density at radius 1 is 0.607 bits per heavy atom. The maximum atomic E-state index is 6.62. The van der Waals surface area contributed by atoms with Crippen molar-refractivity contribution in [3.05, 3.63) is 117 Å². The van der Waals surface area contributed by atoms with Crippen LogP contribution in [-0.4, -0.2) is 0 Å². The van der Waals surface area contributed by atoms with E-state index in [4.69, 9.17) is 11.6 Å². The van der Waals surface area contributed by atoms with E-state index in [2.05, 4.69) is 88.7 Å². The van der Waals surface area contributed by atoms with Gasteiger partial charge in [0.2, 0.25) is 0 Å². The van der Waals surface area contributed by atoms with Gasteiger partial charge in [-0.15, -0.1) is 11.6 Å². The van der Waals surface area contributed by atoms with Gasteiger partial charge < -0.3 is 0 Å². The molecule has 28 heavy (non-hydrogen) atoms. The van der Waals surface area contributed by atoms with Crippen molar-refractivity contribution in [3.63, 3.8) is 0 Å². The molecule has 0 nitrogen and oxygen atoms in total. The smallest absolute Gasteiger partial charge is 0.0483 e. The normalized spacial score (nSPS) is 18.6. The van der Waals surface area contributed by atoms with Crippen molar-refractivity contribution < 1.29 is 0 Å². The predicted molar refractivity (Wildman–Crippen MR) is 121 cm³/mol. The van der Waals surface area contributed by atoms with Gasteiger partial charge in [-0.05, 0) is 55.3 Å². The molecule has 0 fully saturated rings. The molecule has 2 bridgehead atoms. The molecule has 4 aromatic carbocycles. The quantitative estimate of drug-likeness (QED) is 0.243. The van der Waals surface area contributed by atoms with Crippen LogP contribution in [0.4, 0.5) is 0 Å². The number of hydrogen-bond acceptors (Lipinski definition) is 0. The van der Waals surface area contributed by atoms with Crippen LogP contribution in [0.1, 0.15) is 56.3 Å². The van der Waals surface area contributed by atoms with Gasteiger partial charge >= 0.3 is 0 Å². The molecule has 0 saturated carbocycles. The highest BCUT2D eigenvalue weighted by Crippen LogP contribution is 2.58. The SMILES string of the molecule is ClCc1c2c(c(CBr)c3ccccc13)C1c3ccccc3C2c2ccccc21. The van der Waals surface area contributed by atoms with Crippen molar-refractivity contribution in [1.29, 1.82) is 0 Å². The van der Waals surface area contributed by atoms with Crippen LogP contribution in [-0.2, 0) is 11.2 Å². The molecule has 4 aromatic rings. The van der Waals surface area contributed by atoms with Gasteiger partial charge in [-0.3, -0.25) is 0 Å². The highest BCUT2D eigenvalue weighted by Gasteiger charge is 2.43. The molecule has 0 unspecified atom stereocenters. The van der Waals surface area contributed by atoms with Crippen LogP contribution in [0.3, 0.4) is 0 Å². The zero-order chi connectivity index (χ0) is 18.8. The Labute approximate surface area is 178 Å². The summed E-state index contributed by atoms with van der Waals surface area (Å²) in [5.74, 6) is 1.09. The first-order valence-corrected chi connectivity index (χ1v) is 11.4. The molecule has 0 aliphatic heterocycles. The van der Waals surface area contributed by atoms with Gasteiger partial charge in [0.05, 0.1) is 0 Å². The fourth-order valence-corrected chi connectivity index (χ4v) is 6.49. The van der Waals surface area contributed by atoms with Crippen molar-refractivity contribution in [2.24, 2.45) is 0 Å². The number of hydrogen-bond donors (Lipinski definition) is 0. The second-order valence-corrected chi connectivity index (χ2v) is 8.55. The number of rotatable bonds is 2. The summed E-state index contributed by atoms with van der Waals surface area (Å²) in [5.41, 5.74) is 11.4. The average molecular weight is 446 g/mol. The van der Waals surface area contributed by atoms with Gasteiger partial charge in [-0.25, -0.2) is 0 Å². The molecular formula is C26H18BrCl. The van der Waals surface area contributed by atoms with Crippen molar-refractivity contribution in [2.45, 2.75) is 23.0 Å². The van der Waals surface area contributed by atoms with Gasteiger partial charge in [0.15, 0.2) is 0 Å². The van der Waals surface area contributed by atoms with Crippen LogP contribution >= 0.6 is 27.5 Å². The third kappa shape index (κ3) is 2.02. The highest BCUT2D eigenvalue weighted by atomic mass is 79.9. The van der Waals surface area contributed by atoms with Crippen LogP contribution in [0.5, 0.6) is 0 Å². The summed E-state index contributed by atoms with van der Waals surface area (Å²) >= 11 is 10.4. The van der Waals surface area contributed by atoms with E-state index in [1.54, 1.807) is 0 Å². The monoisotopic (exact) mass is 444 g/mol. The van der Waals surface area contributed by atoms with E-state index in [9.17, 15) is 0 Å². The van der Waals surface area contributed by atoms with Crippen LogP contribution in [0.25, 0.3) is 10.8 Å². The standard InChI is InChI=1S/C26H18BrCl/c27-13-21-15-7-1-2-8-16(15)22(14-28)26-24-19-11-5-3-9-17(19)23(25(21)26)18-10-4-6-12-20(18)24/h1-12,23-24H,13-14H2. The maximum absolute atomic E-state index is 6.62. The molecule has 136 valence electrons. The minimum atomic E-state index is 0.267. The largest absolute Gasteiger partial charge is 0.122 e. The third-order valence-electron chi connectivity index (χ3n) is 6.60. The first-order chi connectivity index (χ1) is 13.8. The minimum absolute atomic E-state index is 0.267. The van der Waals surface area contributed by atoms with Crippen molar-refractivity contribution >= 4 is 38.3 Å². The van der Waals surface area contributed by atoms with E-state index in [0.29, 0.717) is 5.88 Å². The molecule has 0 heterocycles. The van der Waals surface area contributed by atoms with Crippen LogP contribution in [0, 0.1) is 0 Å². The Balaban J connectivity index is 1.84. The lowest BCUT2D eigenvalue weighted by Crippen LogP contribution is -2.29. The first kappa shape index (κ1) is 16.8. The van der Waals surface area contributed by atoms with Gasteiger partial charge in [0.1, 0.15) is 0 Å². The van der Waals surface area contributed by atoms with Crippen molar-refractivity contribution in [3.8, 4) is 0 Å². The predicted octanol–water partition coefficient (Wildman–Crippen LogP) is 7.46. The van der Waals surface area contributed by atoms with Crippen LogP contribution in [0.2, 0.25) is 0 Å². The molecule has 7 rings (SSSR count). The van der Waals surface area contributed by atoms with E-state index in [0.717, 1.165) is 5.33 Å². The van der Waals surface area contributed by atoms with Crippen LogP contribution < -0.4 is 0 Å². The Morgan fingerprint density at radius 2 is 1.00 bits per heavy atom. The zero-order valence-corrected chi connectivity index (χ0v) is 17.6. The summed E-state index contributed by atoms with van der Waals surface area (Å²) in [5, 5.41) is 3.48. The minimum Gasteiger partial charge on any atom is -0.122 e. The van der Waals surface area contributed by atoms with E-state index >= 15 is 0 Å². The molecular weight excluding hydrogens is 428 g/mol. The molecule has 0 N–H and O–H groups in total. The Bertz CT molecular complexity index is 1110. The number of alkyl halides is 2. The summed E-state index contributed by atoms with van der Waals surface area (Å²) < 4.78 is 0. The Kier molecular flexibility index (Phi) is 3.73. The number of halogens is 2.